The van der Waals surface area contributed by atoms with E-state index in [0.717, 1.165) is 18.9 Å². The minimum Gasteiger partial charge on any atom is -0.405 e. The summed E-state index contributed by atoms with van der Waals surface area (Å²) < 4.78 is 50.8. The van der Waals surface area contributed by atoms with E-state index in [1.165, 1.54) is 12.1 Å². The van der Waals surface area contributed by atoms with Gasteiger partial charge in [0, 0.05) is 6.61 Å². The average Bonchev–Trinajstić information content (AvgIpc) is 3.11. The molecule has 1 aromatic heterocycles. The van der Waals surface area contributed by atoms with Crippen LogP contribution in [0.15, 0.2) is 27.5 Å². The smallest absolute Gasteiger partial charge is 0.329 e. The molecule has 1 aromatic carbocycles. The van der Waals surface area contributed by atoms with Crippen molar-refractivity contribution in [3.63, 3.8) is 0 Å². The Kier molecular flexibility index (Phi) is 3.83. The first kappa shape index (κ1) is 14.9. The number of sulfonamides is 1. The lowest BCUT2D eigenvalue weighted by molar-refractivity contribution is 0.0898. The van der Waals surface area contributed by atoms with Crippen LogP contribution in [0.2, 0.25) is 0 Å². The lowest BCUT2D eigenvalue weighted by Gasteiger charge is -2.06. The number of ether oxygens (including phenoxy) is 1. The fourth-order valence-corrected chi connectivity index (χ4v) is 3.25. The summed E-state index contributed by atoms with van der Waals surface area (Å²) in [6, 6.07) is 3.49. The molecule has 1 fully saturated rings. The lowest BCUT2D eigenvalue weighted by Crippen LogP contribution is -2.15. The molecule has 9 heteroatoms. The van der Waals surface area contributed by atoms with Gasteiger partial charge in [0.15, 0.2) is 0 Å². The van der Waals surface area contributed by atoms with Crippen LogP contribution in [0.1, 0.15) is 30.4 Å². The Hall–Kier alpha value is -2.00. The highest BCUT2D eigenvalue weighted by Crippen LogP contribution is 2.28. The molecular formula is C13H14FN3O4S. The third-order valence-electron chi connectivity index (χ3n) is 3.24. The van der Waals surface area contributed by atoms with Gasteiger partial charge >= 0.3 is 6.01 Å². The number of nitrogens with zero attached hydrogens (tertiary/aromatic N) is 2. The van der Waals surface area contributed by atoms with Crippen LogP contribution in [0.5, 0.6) is 0 Å². The highest BCUT2D eigenvalue weighted by molar-refractivity contribution is 7.92. The van der Waals surface area contributed by atoms with Crippen molar-refractivity contribution in [3.05, 3.63) is 35.5 Å². The molecule has 1 N–H and O–H groups in total. The van der Waals surface area contributed by atoms with E-state index in [9.17, 15) is 12.8 Å². The molecule has 22 heavy (non-hydrogen) atoms. The molecule has 0 bridgehead atoms. The van der Waals surface area contributed by atoms with Gasteiger partial charge in [0.2, 0.25) is 5.89 Å². The summed E-state index contributed by atoms with van der Waals surface area (Å²) in [5, 5.41) is 7.37. The van der Waals surface area contributed by atoms with Crippen LogP contribution in [0.25, 0.3) is 0 Å². The normalized spacial score (nSPS) is 18.5. The van der Waals surface area contributed by atoms with Crippen molar-refractivity contribution in [2.75, 3.05) is 11.3 Å². The van der Waals surface area contributed by atoms with Crippen LogP contribution < -0.4 is 4.72 Å². The predicted molar refractivity (Wildman–Crippen MR) is 74.2 cm³/mol. The molecule has 2 heterocycles. The molecule has 0 amide bonds. The van der Waals surface area contributed by atoms with Crippen molar-refractivity contribution in [1.29, 1.82) is 0 Å². The fourth-order valence-electron chi connectivity index (χ4n) is 2.16. The summed E-state index contributed by atoms with van der Waals surface area (Å²) in [5.74, 6) is -0.642. The Morgan fingerprint density at radius 2 is 2.18 bits per heavy atom. The molecule has 1 saturated heterocycles. The minimum absolute atomic E-state index is 0.208. The summed E-state index contributed by atoms with van der Waals surface area (Å²) in [4.78, 5) is -0.468. The Bertz CT molecular complexity index is 784. The van der Waals surface area contributed by atoms with Gasteiger partial charge in [-0.15, -0.1) is 5.10 Å². The van der Waals surface area contributed by atoms with Gasteiger partial charge in [0.05, 0.1) is 0 Å². The maximum absolute atomic E-state index is 13.7. The number of halogens is 1. The summed E-state index contributed by atoms with van der Waals surface area (Å²) >= 11 is 0. The lowest BCUT2D eigenvalue weighted by atomic mass is 10.2. The van der Waals surface area contributed by atoms with E-state index in [1.54, 1.807) is 6.92 Å². The maximum atomic E-state index is 13.7. The van der Waals surface area contributed by atoms with Gasteiger partial charge in [-0.05, 0) is 37.5 Å². The zero-order chi connectivity index (χ0) is 15.7. The monoisotopic (exact) mass is 327 g/mol. The first-order valence-electron chi connectivity index (χ1n) is 6.70. The molecule has 118 valence electrons. The average molecular weight is 327 g/mol. The second kappa shape index (κ2) is 5.65. The van der Waals surface area contributed by atoms with E-state index >= 15 is 0 Å². The zero-order valence-electron chi connectivity index (χ0n) is 11.7. The number of aryl methyl sites for hydroxylation is 1. The van der Waals surface area contributed by atoms with Gasteiger partial charge in [0.1, 0.15) is 16.8 Å². The predicted octanol–water partition coefficient (Wildman–Crippen LogP) is 2.17. The number of aromatic nitrogens is 2. The van der Waals surface area contributed by atoms with Crippen molar-refractivity contribution < 1.29 is 22.0 Å². The van der Waals surface area contributed by atoms with E-state index in [1.807, 2.05) is 0 Å². The molecule has 0 saturated carbocycles. The number of anilines is 1. The Morgan fingerprint density at radius 3 is 2.91 bits per heavy atom. The van der Waals surface area contributed by atoms with Crippen molar-refractivity contribution in [2.24, 2.45) is 0 Å². The van der Waals surface area contributed by atoms with E-state index in [-0.39, 0.29) is 18.0 Å². The maximum Gasteiger partial charge on any atom is 0.329 e. The number of rotatable bonds is 4. The summed E-state index contributed by atoms with van der Waals surface area (Å²) in [6.45, 7) is 2.27. The third kappa shape index (κ3) is 2.95. The van der Waals surface area contributed by atoms with Crippen molar-refractivity contribution in [1.82, 2.24) is 10.2 Å². The number of hydrogen-bond donors (Lipinski definition) is 1. The van der Waals surface area contributed by atoms with Crippen LogP contribution in [0, 0.1) is 12.7 Å². The molecule has 2 aromatic rings. The molecular weight excluding hydrogens is 313 g/mol. The first-order valence-corrected chi connectivity index (χ1v) is 8.18. The molecule has 1 atom stereocenters. The van der Waals surface area contributed by atoms with Crippen LogP contribution in [0.3, 0.4) is 0 Å². The highest BCUT2D eigenvalue weighted by atomic mass is 32.2. The second-order valence-corrected chi connectivity index (χ2v) is 6.64. The number of hydrogen-bond acceptors (Lipinski definition) is 6. The van der Waals surface area contributed by atoms with E-state index in [4.69, 9.17) is 9.15 Å². The number of nitrogens with one attached hydrogen (secondary N) is 1. The number of benzene rings is 1. The van der Waals surface area contributed by atoms with Crippen LogP contribution in [-0.2, 0) is 14.8 Å². The van der Waals surface area contributed by atoms with Gasteiger partial charge in [-0.1, -0.05) is 11.2 Å². The quantitative estimate of drug-likeness (QED) is 0.925. The Balaban J connectivity index is 1.83. The van der Waals surface area contributed by atoms with Gasteiger partial charge in [0.25, 0.3) is 10.0 Å². The Labute approximate surface area is 126 Å². The molecule has 0 radical (unpaired) electrons. The van der Waals surface area contributed by atoms with Gasteiger partial charge < -0.3 is 9.15 Å². The molecule has 3 rings (SSSR count). The second-order valence-electron chi connectivity index (χ2n) is 4.99. The molecule has 1 aliphatic heterocycles. The van der Waals surface area contributed by atoms with E-state index < -0.39 is 20.7 Å². The summed E-state index contributed by atoms with van der Waals surface area (Å²) in [7, 11) is -4.14. The molecule has 0 aliphatic carbocycles. The minimum atomic E-state index is -4.14. The fraction of sp³-hybridized carbons (Fsp3) is 0.385. The van der Waals surface area contributed by atoms with E-state index in [2.05, 4.69) is 14.9 Å². The summed E-state index contributed by atoms with van der Waals surface area (Å²) in [6.07, 6.45) is 1.30. The van der Waals surface area contributed by atoms with Crippen LogP contribution in [0.4, 0.5) is 10.4 Å². The van der Waals surface area contributed by atoms with Crippen LogP contribution in [-0.4, -0.2) is 25.2 Å². The SMILES string of the molecule is Cc1ccc(F)c(S(=O)(=O)Nc2nnc(C3CCCO3)o2)c1. The third-order valence-corrected chi connectivity index (χ3v) is 4.58. The van der Waals surface area contributed by atoms with Crippen LogP contribution >= 0.6 is 0 Å². The van der Waals surface area contributed by atoms with Gasteiger partial charge in [-0.2, -0.15) is 0 Å². The molecule has 7 nitrogen and oxygen atoms in total. The van der Waals surface area contributed by atoms with Gasteiger partial charge in [-0.25, -0.2) is 17.5 Å². The zero-order valence-corrected chi connectivity index (χ0v) is 12.6. The van der Waals surface area contributed by atoms with E-state index in [0.29, 0.717) is 12.2 Å². The Morgan fingerprint density at radius 1 is 1.36 bits per heavy atom. The molecule has 1 unspecified atom stereocenters. The standard InChI is InChI=1S/C13H14FN3O4S/c1-8-4-5-9(14)11(7-8)22(18,19)17-13-16-15-12(21-13)10-3-2-6-20-10/h4-5,7,10H,2-3,6H2,1H3,(H,16,17). The topological polar surface area (TPSA) is 94.3 Å². The molecule has 1 aliphatic rings. The first-order chi connectivity index (χ1) is 10.5. The summed E-state index contributed by atoms with van der Waals surface area (Å²) in [5.41, 5.74) is 0.618. The highest BCUT2D eigenvalue weighted by Gasteiger charge is 2.26. The van der Waals surface area contributed by atoms with Gasteiger partial charge in [-0.3, -0.25) is 0 Å². The molecule has 0 spiro atoms. The van der Waals surface area contributed by atoms with Crippen molar-refractivity contribution in [2.45, 2.75) is 30.8 Å². The van der Waals surface area contributed by atoms with Crippen molar-refractivity contribution in [3.8, 4) is 0 Å². The van der Waals surface area contributed by atoms with Crippen molar-refractivity contribution >= 4 is 16.0 Å². The largest absolute Gasteiger partial charge is 0.405 e.